The fourth-order valence-corrected chi connectivity index (χ4v) is 0.939. The summed E-state index contributed by atoms with van der Waals surface area (Å²) in [5.74, 6) is -2.02. The molecule has 1 rings (SSSR count). The van der Waals surface area contributed by atoms with Crippen LogP contribution in [0.3, 0.4) is 0 Å². The minimum Gasteiger partial charge on any atom is -0.363 e. The molecule has 10 heavy (non-hydrogen) atoms. The average molecular weight is 148 g/mol. The molecule has 0 bridgehead atoms. The molecule has 0 spiro atoms. The van der Waals surface area contributed by atoms with Crippen molar-refractivity contribution >= 4 is 0 Å². The third-order valence-electron chi connectivity index (χ3n) is 1.48. The van der Waals surface area contributed by atoms with Gasteiger partial charge in [-0.1, -0.05) is 0 Å². The van der Waals surface area contributed by atoms with Crippen LogP contribution in [-0.2, 0) is 14.5 Å². The molecule has 0 aromatic carbocycles. The zero-order valence-corrected chi connectivity index (χ0v) is 6.38. The SMILES string of the molecule is CO[C@]1(C)C[C@@](C)(O)OO1. The van der Waals surface area contributed by atoms with Crippen LogP contribution >= 0.6 is 0 Å². The highest BCUT2D eigenvalue weighted by molar-refractivity contribution is 4.74. The minimum atomic E-state index is -1.22. The zero-order valence-electron chi connectivity index (χ0n) is 6.38. The quantitative estimate of drug-likeness (QED) is 0.547. The minimum absolute atomic E-state index is 0.316. The second-order valence-electron chi connectivity index (χ2n) is 2.86. The van der Waals surface area contributed by atoms with E-state index in [2.05, 4.69) is 4.89 Å². The van der Waals surface area contributed by atoms with E-state index in [1.807, 2.05) is 0 Å². The van der Waals surface area contributed by atoms with Gasteiger partial charge in [0.25, 0.3) is 0 Å². The molecule has 0 radical (unpaired) electrons. The lowest BCUT2D eigenvalue weighted by Crippen LogP contribution is -2.29. The van der Waals surface area contributed by atoms with Crippen LogP contribution in [0, 0.1) is 0 Å². The first-order chi connectivity index (χ1) is 4.47. The Morgan fingerprint density at radius 2 is 2.00 bits per heavy atom. The molecule has 0 saturated carbocycles. The molecule has 0 aliphatic carbocycles. The molecule has 0 unspecified atom stereocenters. The summed E-state index contributed by atoms with van der Waals surface area (Å²) in [6, 6.07) is 0. The predicted octanol–water partition coefficient (Wildman–Crippen LogP) is 0.409. The largest absolute Gasteiger partial charge is 0.363 e. The van der Waals surface area contributed by atoms with Crippen LogP contribution < -0.4 is 0 Å². The van der Waals surface area contributed by atoms with E-state index in [1.165, 1.54) is 14.0 Å². The summed E-state index contributed by atoms with van der Waals surface area (Å²) in [4.78, 5) is 9.31. The lowest BCUT2D eigenvalue weighted by Gasteiger charge is -2.17. The average Bonchev–Trinajstić information content (AvgIpc) is 2.08. The van der Waals surface area contributed by atoms with Crippen molar-refractivity contribution < 1.29 is 19.6 Å². The molecule has 1 saturated heterocycles. The summed E-state index contributed by atoms with van der Waals surface area (Å²) in [7, 11) is 1.50. The molecule has 0 aromatic rings. The van der Waals surface area contributed by atoms with Crippen LogP contribution in [0.25, 0.3) is 0 Å². The van der Waals surface area contributed by atoms with Gasteiger partial charge in [-0.05, 0) is 13.8 Å². The van der Waals surface area contributed by atoms with Gasteiger partial charge in [0.1, 0.15) is 0 Å². The molecule has 2 atom stereocenters. The van der Waals surface area contributed by atoms with E-state index >= 15 is 0 Å². The van der Waals surface area contributed by atoms with Crippen LogP contribution in [0.15, 0.2) is 0 Å². The number of methoxy groups -OCH3 is 1. The fourth-order valence-electron chi connectivity index (χ4n) is 0.939. The first-order valence-electron chi connectivity index (χ1n) is 3.12. The third kappa shape index (κ3) is 1.46. The van der Waals surface area contributed by atoms with Gasteiger partial charge in [0, 0.05) is 7.11 Å². The zero-order chi connectivity index (χ0) is 7.83. The summed E-state index contributed by atoms with van der Waals surface area (Å²) >= 11 is 0. The molecule has 60 valence electrons. The van der Waals surface area contributed by atoms with Crippen LogP contribution in [0.2, 0.25) is 0 Å². The van der Waals surface area contributed by atoms with Crippen molar-refractivity contribution in [2.24, 2.45) is 0 Å². The summed E-state index contributed by atoms with van der Waals surface area (Å²) in [6.45, 7) is 3.23. The van der Waals surface area contributed by atoms with Crippen molar-refractivity contribution in [1.82, 2.24) is 0 Å². The summed E-state index contributed by atoms with van der Waals surface area (Å²) in [5, 5.41) is 9.23. The molecule has 1 N–H and O–H groups in total. The maximum absolute atomic E-state index is 9.23. The maximum atomic E-state index is 9.23. The van der Waals surface area contributed by atoms with Gasteiger partial charge in [-0.25, -0.2) is 0 Å². The molecule has 1 aliphatic rings. The predicted molar refractivity (Wildman–Crippen MR) is 32.8 cm³/mol. The van der Waals surface area contributed by atoms with Gasteiger partial charge in [0.15, 0.2) is 0 Å². The Morgan fingerprint density at radius 3 is 2.20 bits per heavy atom. The standard InChI is InChI=1S/C6H12O4/c1-5(7)4-6(2,8-3)10-9-5/h7H,4H2,1-3H3/t5-,6-/m0/s1. The van der Waals surface area contributed by atoms with Crippen molar-refractivity contribution in [1.29, 1.82) is 0 Å². The Kier molecular flexibility index (Phi) is 1.72. The summed E-state index contributed by atoms with van der Waals surface area (Å²) in [6.07, 6.45) is 0.316. The Labute approximate surface area is 59.6 Å². The van der Waals surface area contributed by atoms with Crippen LogP contribution in [0.4, 0.5) is 0 Å². The van der Waals surface area contributed by atoms with E-state index in [9.17, 15) is 5.11 Å². The van der Waals surface area contributed by atoms with E-state index in [4.69, 9.17) is 9.62 Å². The molecule has 1 fully saturated rings. The second-order valence-corrected chi connectivity index (χ2v) is 2.86. The van der Waals surface area contributed by atoms with E-state index in [0.29, 0.717) is 6.42 Å². The first kappa shape index (κ1) is 7.94. The van der Waals surface area contributed by atoms with Crippen molar-refractivity contribution in [3.63, 3.8) is 0 Å². The summed E-state index contributed by atoms with van der Waals surface area (Å²) in [5.41, 5.74) is 0. The maximum Gasteiger partial charge on any atom is 0.203 e. The number of rotatable bonds is 1. The van der Waals surface area contributed by atoms with Crippen LogP contribution in [0.1, 0.15) is 20.3 Å². The number of ether oxygens (including phenoxy) is 1. The van der Waals surface area contributed by atoms with Gasteiger partial charge in [-0.3, -0.25) is 0 Å². The highest BCUT2D eigenvalue weighted by atomic mass is 17.3. The molecule has 0 amide bonds. The van der Waals surface area contributed by atoms with Crippen molar-refractivity contribution in [2.45, 2.75) is 31.8 Å². The molecule has 4 heteroatoms. The van der Waals surface area contributed by atoms with Gasteiger partial charge in [0.05, 0.1) is 6.42 Å². The Morgan fingerprint density at radius 1 is 1.40 bits per heavy atom. The first-order valence-corrected chi connectivity index (χ1v) is 3.12. The van der Waals surface area contributed by atoms with Gasteiger partial charge >= 0.3 is 0 Å². The Bertz CT molecular complexity index is 134. The topological polar surface area (TPSA) is 47.9 Å². The van der Waals surface area contributed by atoms with Gasteiger partial charge in [-0.15, -0.1) is 0 Å². The number of hydrogen-bond acceptors (Lipinski definition) is 4. The normalized spacial score (nSPS) is 48.0. The number of hydrogen-bond donors (Lipinski definition) is 1. The van der Waals surface area contributed by atoms with Crippen molar-refractivity contribution in [3.05, 3.63) is 0 Å². The summed E-state index contributed by atoms with van der Waals surface area (Å²) < 4.78 is 4.93. The second kappa shape index (κ2) is 2.17. The van der Waals surface area contributed by atoms with Gasteiger partial charge < -0.3 is 9.84 Å². The molecule has 1 aliphatic heterocycles. The lowest BCUT2D eigenvalue weighted by atomic mass is 10.1. The molecule has 1 heterocycles. The monoisotopic (exact) mass is 148 g/mol. The Hall–Kier alpha value is -0.160. The smallest absolute Gasteiger partial charge is 0.203 e. The van der Waals surface area contributed by atoms with E-state index < -0.39 is 11.6 Å². The molecular weight excluding hydrogens is 136 g/mol. The van der Waals surface area contributed by atoms with Crippen LogP contribution in [0.5, 0.6) is 0 Å². The lowest BCUT2D eigenvalue weighted by molar-refractivity contribution is -0.418. The third-order valence-corrected chi connectivity index (χ3v) is 1.48. The van der Waals surface area contributed by atoms with E-state index in [0.717, 1.165) is 0 Å². The fraction of sp³-hybridized carbons (Fsp3) is 1.00. The van der Waals surface area contributed by atoms with E-state index in [-0.39, 0.29) is 0 Å². The Balaban J connectivity index is 2.57. The highest BCUT2D eigenvalue weighted by Crippen LogP contribution is 2.33. The molecular formula is C6H12O4. The van der Waals surface area contributed by atoms with Gasteiger partial charge in [-0.2, -0.15) is 9.78 Å². The van der Waals surface area contributed by atoms with Crippen molar-refractivity contribution in [3.8, 4) is 0 Å². The number of aliphatic hydroxyl groups is 1. The van der Waals surface area contributed by atoms with Crippen LogP contribution in [-0.4, -0.2) is 23.8 Å². The van der Waals surface area contributed by atoms with E-state index in [1.54, 1.807) is 6.92 Å². The van der Waals surface area contributed by atoms with Gasteiger partial charge in [0.2, 0.25) is 11.6 Å². The highest BCUT2D eigenvalue weighted by Gasteiger charge is 2.45. The molecule has 0 aromatic heterocycles. The van der Waals surface area contributed by atoms with Crippen molar-refractivity contribution in [2.75, 3.05) is 7.11 Å². The molecule has 4 nitrogen and oxygen atoms in total.